The first-order chi connectivity index (χ1) is 6.86. The maximum Gasteiger partial charge on any atom is 0.127 e. The minimum Gasteiger partial charge on any atom is -0.353 e. The van der Waals surface area contributed by atoms with Crippen molar-refractivity contribution in [1.82, 2.24) is 4.98 Å². The topological polar surface area (TPSA) is 27.8 Å². The summed E-state index contributed by atoms with van der Waals surface area (Å²) in [6.07, 6.45) is 1.82. The van der Waals surface area contributed by atoms with Crippen LogP contribution in [0.4, 0.5) is 11.4 Å². The Bertz CT molecular complexity index is 462. The highest BCUT2D eigenvalue weighted by Crippen LogP contribution is 2.15. The fourth-order valence-corrected chi connectivity index (χ4v) is 1.38. The maximum absolute atomic E-state index is 5.13. The Labute approximate surface area is 87.6 Å². The van der Waals surface area contributed by atoms with Crippen molar-refractivity contribution in [2.75, 3.05) is 5.32 Å². The summed E-state index contributed by atoms with van der Waals surface area (Å²) < 4.78 is 0.719. The normalized spacial score (nSPS) is 9.71. The number of pyridine rings is 1. The largest absolute Gasteiger partial charge is 0.353 e. The summed E-state index contributed by atoms with van der Waals surface area (Å²) in [6.45, 7) is 0. The first-order valence-electron chi connectivity index (χ1n) is 4.36. The van der Waals surface area contributed by atoms with E-state index in [4.69, 9.17) is 12.2 Å². The summed E-state index contributed by atoms with van der Waals surface area (Å²) in [5, 5.41) is 3.24. The molecule has 1 aromatic heterocycles. The van der Waals surface area contributed by atoms with Gasteiger partial charge in [0.05, 0.1) is 5.69 Å². The molecule has 0 radical (unpaired) electrons. The van der Waals surface area contributed by atoms with Gasteiger partial charge in [-0.05, 0) is 24.3 Å². The molecule has 0 aliphatic rings. The van der Waals surface area contributed by atoms with Crippen LogP contribution in [0.25, 0.3) is 0 Å². The molecule has 0 unspecified atom stereocenters. The van der Waals surface area contributed by atoms with E-state index in [2.05, 4.69) is 10.3 Å². The minimum atomic E-state index is 0.719. The second kappa shape index (κ2) is 4.07. The molecule has 0 fully saturated rings. The van der Waals surface area contributed by atoms with Gasteiger partial charge in [0.2, 0.25) is 0 Å². The molecular weight excluding hydrogens is 192 g/mol. The molecule has 70 valence electrons. The van der Waals surface area contributed by atoms with E-state index >= 15 is 0 Å². The van der Waals surface area contributed by atoms with Gasteiger partial charge in [-0.15, -0.1) is 0 Å². The van der Waals surface area contributed by atoms with Gasteiger partial charge in [-0.25, -0.2) is 0 Å². The summed E-state index contributed by atoms with van der Waals surface area (Å²) in [5.41, 5.74) is 1.96. The first kappa shape index (κ1) is 8.97. The lowest BCUT2D eigenvalue weighted by Crippen LogP contribution is -1.91. The number of benzene rings is 1. The molecular formula is C11H10N2S. The molecule has 0 bridgehead atoms. The van der Waals surface area contributed by atoms with Gasteiger partial charge in [0.1, 0.15) is 4.64 Å². The lowest BCUT2D eigenvalue weighted by Gasteiger charge is -2.05. The Hall–Kier alpha value is -1.61. The van der Waals surface area contributed by atoms with Crippen LogP contribution in [0.15, 0.2) is 48.7 Å². The van der Waals surface area contributed by atoms with Crippen LogP contribution in [0.2, 0.25) is 0 Å². The fraction of sp³-hybridized carbons (Fsp3) is 0. The van der Waals surface area contributed by atoms with E-state index in [1.165, 1.54) is 0 Å². The number of anilines is 2. The Balaban J connectivity index is 2.28. The summed E-state index contributed by atoms with van der Waals surface area (Å²) in [5.74, 6) is 0. The number of para-hydroxylation sites is 1. The number of rotatable bonds is 2. The molecule has 2 nitrogen and oxygen atoms in total. The molecule has 0 aliphatic heterocycles. The van der Waals surface area contributed by atoms with Gasteiger partial charge in [-0.3, -0.25) is 0 Å². The average molecular weight is 202 g/mol. The third kappa shape index (κ3) is 2.00. The molecule has 1 heterocycles. The standard InChI is InChI=1S/C11H10N2S/c14-11-10(7-4-8-12-11)13-9-5-2-1-3-6-9/h1-8,13H,(H,12,14). The zero-order valence-electron chi connectivity index (χ0n) is 7.53. The molecule has 0 saturated carbocycles. The Kier molecular flexibility index (Phi) is 2.60. The number of hydrogen-bond acceptors (Lipinski definition) is 2. The quantitative estimate of drug-likeness (QED) is 0.729. The van der Waals surface area contributed by atoms with Gasteiger partial charge in [-0.1, -0.05) is 30.4 Å². The Morgan fingerprint density at radius 1 is 1.00 bits per heavy atom. The van der Waals surface area contributed by atoms with Crippen LogP contribution in [0.1, 0.15) is 0 Å². The SMILES string of the molecule is S=c1[nH]cccc1Nc1ccccc1. The van der Waals surface area contributed by atoms with E-state index in [1.54, 1.807) is 0 Å². The average Bonchev–Trinajstić information content (AvgIpc) is 2.23. The molecule has 0 saturated heterocycles. The molecule has 1 aromatic carbocycles. The second-order valence-corrected chi connectivity index (χ2v) is 3.31. The summed E-state index contributed by atoms with van der Waals surface area (Å²) in [7, 11) is 0. The van der Waals surface area contributed by atoms with Crippen LogP contribution in [0.5, 0.6) is 0 Å². The zero-order valence-corrected chi connectivity index (χ0v) is 8.34. The van der Waals surface area contributed by atoms with Crippen molar-refractivity contribution in [2.24, 2.45) is 0 Å². The molecule has 0 spiro atoms. The highest BCUT2D eigenvalue weighted by molar-refractivity contribution is 7.71. The summed E-state index contributed by atoms with van der Waals surface area (Å²) >= 11 is 5.13. The maximum atomic E-state index is 5.13. The van der Waals surface area contributed by atoms with Crippen molar-refractivity contribution in [1.29, 1.82) is 0 Å². The van der Waals surface area contributed by atoms with Crippen LogP contribution < -0.4 is 5.32 Å². The molecule has 0 aliphatic carbocycles. The third-order valence-electron chi connectivity index (χ3n) is 1.87. The predicted molar refractivity (Wildman–Crippen MR) is 61.4 cm³/mol. The van der Waals surface area contributed by atoms with E-state index in [0.29, 0.717) is 0 Å². The van der Waals surface area contributed by atoms with E-state index in [1.807, 2.05) is 48.7 Å². The van der Waals surface area contributed by atoms with Crippen molar-refractivity contribution >= 4 is 23.6 Å². The van der Waals surface area contributed by atoms with Crippen molar-refractivity contribution in [3.8, 4) is 0 Å². The van der Waals surface area contributed by atoms with Gasteiger partial charge >= 0.3 is 0 Å². The molecule has 14 heavy (non-hydrogen) atoms. The highest BCUT2D eigenvalue weighted by Gasteiger charge is 1.93. The van der Waals surface area contributed by atoms with E-state index < -0.39 is 0 Å². The molecule has 2 aromatic rings. The van der Waals surface area contributed by atoms with Crippen LogP contribution in [0, 0.1) is 4.64 Å². The van der Waals surface area contributed by atoms with E-state index in [-0.39, 0.29) is 0 Å². The number of nitrogens with one attached hydrogen (secondary N) is 2. The molecule has 3 heteroatoms. The van der Waals surface area contributed by atoms with Gasteiger partial charge in [-0.2, -0.15) is 0 Å². The fourth-order valence-electron chi connectivity index (χ4n) is 1.20. The Morgan fingerprint density at radius 2 is 1.79 bits per heavy atom. The van der Waals surface area contributed by atoms with E-state index in [9.17, 15) is 0 Å². The monoisotopic (exact) mass is 202 g/mol. The summed E-state index contributed by atoms with van der Waals surface area (Å²) in [4.78, 5) is 2.97. The van der Waals surface area contributed by atoms with Crippen molar-refractivity contribution in [3.05, 3.63) is 53.3 Å². The van der Waals surface area contributed by atoms with Crippen LogP contribution in [-0.2, 0) is 0 Å². The van der Waals surface area contributed by atoms with Crippen LogP contribution in [-0.4, -0.2) is 4.98 Å². The van der Waals surface area contributed by atoms with E-state index in [0.717, 1.165) is 16.0 Å². The lowest BCUT2D eigenvalue weighted by molar-refractivity contribution is 1.29. The van der Waals surface area contributed by atoms with Crippen molar-refractivity contribution in [2.45, 2.75) is 0 Å². The number of aromatic amines is 1. The number of aromatic nitrogens is 1. The smallest absolute Gasteiger partial charge is 0.127 e. The van der Waals surface area contributed by atoms with Crippen molar-refractivity contribution in [3.63, 3.8) is 0 Å². The van der Waals surface area contributed by atoms with Gasteiger partial charge in [0.25, 0.3) is 0 Å². The number of H-pyrrole nitrogens is 1. The summed E-state index contributed by atoms with van der Waals surface area (Å²) in [6, 6.07) is 13.8. The predicted octanol–water partition coefficient (Wildman–Crippen LogP) is 3.49. The molecule has 0 atom stereocenters. The zero-order chi connectivity index (χ0) is 9.80. The third-order valence-corrected chi connectivity index (χ3v) is 2.21. The molecule has 2 N–H and O–H groups in total. The van der Waals surface area contributed by atoms with Gasteiger partial charge < -0.3 is 10.3 Å². The Morgan fingerprint density at radius 3 is 2.50 bits per heavy atom. The molecule has 0 amide bonds. The highest BCUT2D eigenvalue weighted by atomic mass is 32.1. The lowest BCUT2D eigenvalue weighted by atomic mass is 10.3. The second-order valence-electron chi connectivity index (χ2n) is 2.90. The molecule has 2 rings (SSSR count). The van der Waals surface area contributed by atoms with Crippen LogP contribution >= 0.6 is 12.2 Å². The van der Waals surface area contributed by atoms with Crippen LogP contribution in [0.3, 0.4) is 0 Å². The first-order valence-corrected chi connectivity index (χ1v) is 4.77. The van der Waals surface area contributed by atoms with Gasteiger partial charge in [0.15, 0.2) is 0 Å². The minimum absolute atomic E-state index is 0.719. The van der Waals surface area contributed by atoms with Crippen molar-refractivity contribution < 1.29 is 0 Å². The van der Waals surface area contributed by atoms with Gasteiger partial charge in [0, 0.05) is 11.9 Å². The number of hydrogen-bond donors (Lipinski definition) is 2.